The number of fused-ring (bicyclic) bond motifs is 1. The first-order valence-corrected chi connectivity index (χ1v) is 11.2. The van der Waals surface area contributed by atoms with Crippen LogP contribution in [0.2, 0.25) is 0 Å². The van der Waals surface area contributed by atoms with E-state index >= 15 is 0 Å². The van der Waals surface area contributed by atoms with Gasteiger partial charge in [-0.3, -0.25) is 14.7 Å². The molecule has 2 aromatic carbocycles. The molecule has 1 spiro atoms. The average molecular weight is 400 g/mol. The van der Waals surface area contributed by atoms with Gasteiger partial charge in [0.25, 0.3) is 0 Å². The zero-order chi connectivity index (χ0) is 20.4. The number of rotatable bonds is 5. The van der Waals surface area contributed by atoms with Crippen LogP contribution in [-0.4, -0.2) is 45.9 Å². The molecular formula is C26H29N3O. The van der Waals surface area contributed by atoms with E-state index in [0.29, 0.717) is 5.91 Å². The molecule has 2 saturated heterocycles. The van der Waals surface area contributed by atoms with Crippen molar-refractivity contribution in [2.45, 2.75) is 44.2 Å². The highest BCUT2D eigenvalue weighted by atomic mass is 16.2. The minimum atomic E-state index is -0.307. The lowest BCUT2D eigenvalue weighted by Crippen LogP contribution is -2.59. The van der Waals surface area contributed by atoms with E-state index in [9.17, 15) is 4.79 Å². The van der Waals surface area contributed by atoms with Gasteiger partial charge in [0.05, 0.1) is 5.52 Å². The van der Waals surface area contributed by atoms with Gasteiger partial charge in [-0.25, -0.2) is 0 Å². The van der Waals surface area contributed by atoms with E-state index < -0.39 is 0 Å². The second-order valence-electron chi connectivity index (χ2n) is 8.72. The van der Waals surface area contributed by atoms with E-state index in [1.165, 1.54) is 16.5 Å². The third kappa shape index (κ3) is 3.61. The van der Waals surface area contributed by atoms with Crippen LogP contribution < -0.4 is 0 Å². The third-order valence-electron chi connectivity index (χ3n) is 6.88. The number of benzene rings is 2. The van der Waals surface area contributed by atoms with Gasteiger partial charge in [0.1, 0.15) is 5.54 Å². The second kappa shape index (κ2) is 8.19. The van der Waals surface area contributed by atoms with Crippen LogP contribution in [0.5, 0.6) is 0 Å². The normalized spacial score (nSPS) is 22.3. The topological polar surface area (TPSA) is 36.4 Å². The van der Waals surface area contributed by atoms with Gasteiger partial charge in [0.2, 0.25) is 5.91 Å². The van der Waals surface area contributed by atoms with Crippen molar-refractivity contribution in [1.82, 2.24) is 14.8 Å². The van der Waals surface area contributed by atoms with Crippen molar-refractivity contribution >= 4 is 16.8 Å². The summed E-state index contributed by atoms with van der Waals surface area (Å²) in [6, 6.07) is 21.1. The molecule has 0 N–H and O–H groups in total. The molecule has 30 heavy (non-hydrogen) atoms. The van der Waals surface area contributed by atoms with Gasteiger partial charge in [0.15, 0.2) is 0 Å². The largest absolute Gasteiger partial charge is 0.341 e. The molecule has 0 aliphatic carbocycles. The van der Waals surface area contributed by atoms with Crippen molar-refractivity contribution in [2.75, 3.05) is 19.6 Å². The quantitative estimate of drug-likeness (QED) is 0.637. The molecule has 1 atom stereocenters. The molecular weight excluding hydrogens is 370 g/mol. The van der Waals surface area contributed by atoms with E-state index in [4.69, 9.17) is 0 Å². The molecule has 0 bridgehead atoms. The molecule has 1 aromatic heterocycles. The Morgan fingerprint density at radius 3 is 2.60 bits per heavy atom. The first-order chi connectivity index (χ1) is 14.7. The van der Waals surface area contributed by atoms with Crippen molar-refractivity contribution in [3.8, 4) is 0 Å². The lowest BCUT2D eigenvalue weighted by molar-refractivity contribution is -0.147. The fourth-order valence-electron chi connectivity index (χ4n) is 5.32. The summed E-state index contributed by atoms with van der Waals surface area (Å²) < 4.78 is 0. The van der Waals surface area contributed by atoms with Gasteiger partial charge in [-0.1, -0.05) is 42.5 Å². The van der Waals surface area contributed by atoms with Crippen LogP contribution >= 0.6 is 0 Å². The summed E-state index contributed by atoms with van der Waals surface area (Å²) in [5.41, 5.74) is 3.29. The third-order valence-corrected chi connectivity index (χ3v) is 6.88. The maximum Gasteiger partial charge on any atom is 0.243 e. The summed E-state index contributed by atoms with van der Waals surface area (Å²) in [6.45, 7) is 3.55. The SMILES string of the molecule is O=C1N(CCc2ccccc2)CCCC12CCCN2Cc1ccc2ncccc2c1. The smallest absolute Gasteiger partial charge is 0.243 e. The van der Waals surface area contributed by atoms with Crippen molar-refractivity contribution < 1.29 is 4.79 Å². The lowest BCUT2D eigenvalue weighted by Gasteiger charge is -2.45. The van der Waals surface area contributed by atoms with Crippen molar-refractivity contribution in [1.29, 1.82) is 0 Å². The number of nitrogens with zero attached hydrogens (tertiary/aromatic N) is 3. The predicted octanol–water partition coefficient (Wildman–Crippen LogP) is 4.43. The summed E-state index contributed by atoms with van der Waals surface area (Å²) in [4.78, 5) is 22.7. The van der Waals surface area contributed by atoms with Crippen LogP contribution in [0.1, 0.15) is 36.8 Å². The minimum absolute atomic E-state index is 0.307. The summed E-state index contributed by atoms with van der Waals surface area (Å²) in [6.07, 6.45) is 6.94. The number of hydrogen-bond donors (Lipinski definition) is 0. The fourth-order valence-corrected chi connectivity index (χ4v) is 5.32. The van der Waals surface area contributed by atoms with Crippen LogP contribution in [0.15, 0.2) is 66.9 Å². The highest BCUT2D eigenvalue weighted by molar-refractivity contribution is 5.87. The number of carbonyl (C=O) groups excluding carboxylic acids is 1. The summed E-state index contributed by atoms with van der Waals surface area (Å²) >= 11 is 0. The maximum absolute atomic E-state index is 13.7. The molecule has 5 rings (SSSR count). The number of carbonyl (C=O) groups is 1. The van der Waals surface area contributed by atoms with Gasteiger partial charge in [0, 0.05) is 31.2 Å². The highest BCUT2D eigenvalue weighted by Gasteiger charge is 2.50. The Labute approximate surface area is 178 Å². The maximum atomic E-state index is 13.7. The number of likely N-dealkylation sites (tertiary alicyclic amines) is 2. The van der Waals surface area contributed by atoms with Crippen molar-refractivity contribution in [3.63, 3.8) is 0 Å². The Hall–Kier alpha value is -2.72. The van der Waals surface area contributed by atoms with Gasteiger partial charge in [-0.05, 0) is 68.0 Å². The molecule has 0 saturated carbocycles. The molecule has 3 heterocycles. The Bertz CT molecular complexity index is 1030. The second-order valence-corrected chi connectivity index (χ2v) is 8.72. The van der Waals surface area contributed by atoms with E-state index in [1.807, 2.05) is 18.3 Å². The van der Waals surface area contributed by atoms with E-state index in [2.05, 4.69) is 63.3 Å². The molecule has 1 amide bonds. The standard InChI is InChI=1S/C26H29N3O/c30-25-26(13-5-16-28(25)18-12-21-7-2-1-3-8-21)14-6-17-29(26)20-22-10-11-24-23(19-22)9-4-15-27-24/h1-4,7-11,15,19H,5-6,12-14,16-18,20H2. The molecule has 154 valence electrons. The number of pyridine rings is 1. The predicted molar refractivity (Wildman–Crippen MR) is 120 cm³/mol. The van der Waals surface area contributed by atoms with E-state index in [-0.39, 0.29) is 5.54 Å². The minimum Gasteiger partial charge on any atom is -0.341 e. The van der Waals surface area contributed by atoms with Crippen LogP contribution in [0.3, 0.4) is 0 Å². The van der Waals surface area contributed by atoms with Gasteiger partial charge >= 0.3 is 0 Å². The van der Waals surface area contributed by atoms with Gasteiger partial charge in [-0.2, -0.15) is 0 Å². The van der Waals surface area contributed by atoms with Crippen LogP contribution in [-0.2, 0) is 17.8 Å². The van der Waals surface area contributed by atoms with Crippen molar-refractivity contribution in [2.24, 2.45) is 0 Å². The molecule has 4 nitrogen and oxygen atoms in total. The average Bonchev–Trinajstić information content (AvgIpc) is 3.18. The molecule has 2 aliphatic rings. The van der Waals surface area contributed by atoms with Crippen LogP contribution in [0.25, 0.3) is 10.9 Å². The number of amides is 1. The molecule has 1 unspecified atom stereocenters. The monoisotopic (exact) mass is 399 g/mol. The Balaban J connectivity index is 1.33. The fraction of sp³-hybridized carbons (Fsp3) is 0.385. The van der Waals surface area contributed by atoms with Crippen molar-refractivity contribution in [3.05, 3.63) is 78.0 Å². The Morgan fingerprint density at radius 1 is 0.900 bits per heavy atom. The summed E-state index contributed by atoms with van der Waals surface area (Å²) in [5.74, 6) is 0.352. The van der Waals surface area contributed by atoms with Gasteiger partial charge in [-0.15, -0.1) is 0 Å². The van der Waals surface area contributed by atoms with Gasteiger partial charge < -0.3 is 4.90 Å². The Kier molecular flexibility index (Phi) is 5.26. The number of piperidine rings is 1. The summed E-state index contributed by atoms with van der Waals surface area (Å²) in [5, 5.41) is 1.17. The molecule has 4 heteroatoms. The first kappa shape index (κ1) is 19.3. The van der Waals surface area contributed by atoms with Crippen LogP contribution in [0, 0.1) is 0 Å². The highest BCUT2D eigenvalue weighted by Crippen LogP contribution is 2.39. The number of hydrogen-bond acceptors (Lipinski definition) is 3. The lowest BCUT2D eigenvalue weighted by atomic mass is 9.85. The zero-order valence-corrected chi connectivity index (χ0v) is 17.5. The van der Waals surface area contributed by atoms with E-state index in [0.717, 1.165) is 63.8 Å². The summed E-state index contributed by atoms with van der Waals surface area (Å²) in [7, 11) is 0. The van der Waals surface area contributed by atoms with Crippen LogP contribution in [0.4, 0.5) is 0 Å². The molecule has 3 aromatic rings. The molecule has 2 fully saturated rings. The Morgan fingerprint density at radius 2 is 1.73 bits per heavy atom. The first-order valence-electron chi connectivity index (χ1n) is 11.2. The molecule has 0 radical (unpaired) electrons. The zero-order valence-electron chi connectivity index (χ0n) is 17.5. The van der Waals surface area contributed by atoms with E-state index in [1.54, 1.807) is 0 Å². The molecule has 2 aliphatic heterocycles. The number of aromatic nitrogens is 1.